The molecule has 1 atom stereocenters. The third-order valence-corrected chi connectivity index (χ3v) is 7.54. The molecule has 1 aromatic heterocycles. The van der Waals surface area contributed by atoms with Crippen molar-refractivity contribution in [3.05, 3.63) is 46.8 Å². The highest BCUT2D eigenvalue weighted by Crippen LogP contribution is 2.49. The molecule has 11 heteroatoms. The average Bonchev–Trinajstić information content (AvgIpc) is 3.30. The first-order valence-corrected chi connectivity index (χ1v) is 11.4. The smallest absolute Gasteiger partial charge is 0.416 e. The van der Waals surface area contributed by atoms with E-state index in [9.17, 15) is 26.4 Å². The molecular formula is C20H22F3N3O4S. The number of carbonyl (C=O) groups is 1. The first kappa shape index (κ1) is 21.8. The standard InChI is InChI=1S/C20H22F3N3O4S/c1-19(5-6-19)12-7-13(20(21,22)23)9-14(8-12)31(29,30)25-16-3-2-4-17-15(16)10-24-26(17)11-18(27)28/h7-10,16,25H,2-6,11H2,1H3,(H,27,28). The number of hydrogen-bond donors (Lipinski definition) is 2. The van der Waals surface area contributed by atoms with E-state index in [2.05, 4.69) is 9.82 Å². The quantitative estimate of drug-likeness (QED) is 0.693. The highest BCUT2D eigenvalue weighted by Gasteiger charge is 2.42. The van der Waals surface area contributed by atoms with Crippen LogP contribution >= 0.6 is 0 Å². The van der Waals surface area contributed by atoms with Crippen molar-refractivity contribution in [3.8, 4) is 0 Å². The van der Waals surface area contributed by atoms with Crippen LogP contribution in [0.25, 0.3) is 0 Å². The lowest BCUT2D eigenvalue weighted by atomic mass is 9.94. The third kappa shape index (κ3) is 4.33. The Labute approximate surface area is 177 Å². The lowest BCUT2D eigenvalue weighted by Gasteiger charge is -2.24. The van der Waals surface area contributed by atoms with Crippen molar-refractivity contribution in [3.63, 3.8) is 0 Å². The van der Waals surface area contributed by atoms with Gasteiger partial charge in [0.15, 0.2) is 0 Å². The topological polar surface area (TPSA) is 101 Å². The van der Waals surface area contributed by atoms with E-state index >= 15 is 0 Å². The van der Waals surface area contributed by atoms with Gasteiger partial charge in [-0.05, 0) is 61.3 Å². The number of carboxylic acids is 1. The first-order chi connectivity index (χ1) is 14.4. The number of rotatable bonds is 6. The maximum atomic E-state index is 13.4. The van der Waals surface area contributed by atoms with Gasteiger partial charge in [-0.2, -0.15) is 18.3 Å². The summed E-state index contributed by atoms with van der Waals surface area (Å²) in [6.45, 7) is 1.47. The van der Waals surface area contributed by atoms with Gasteiger partial charge < -0.3 is 5.11 Å². The van der Waals surface area contributed by atoms with Crippen LogP contribution in [0.4, 0.5) is 13.2 Å². The molecule has 1 heterocycles. The zero-order chi connectivity index (χ0) is 22.6. The van der Waals surface area contributed by atoms with Gasteiger partial charge in [0, 0.05) is 11.3 Å². The monoisotopic (exact) mass is 457 g/mol. The maximum Gasteiger partial charge on any atom is 0.416 e. The molecule has 0 bridgehead atoms. The molecule has 0 saturated heterocycles. The summed E-state index contributed by atoms with van der Waals surface area (Å²) in [7, 11) is -4.26. The summed E-state index contributed by atoms with van der Waals surface area (Å²) in [4.78, 5) is 10.6. The van der Waals surface area contributed by atoms with Crippen LogP contribution in [0.1, 0.15) is 61.0 Å². The van der Waals surface area contributed by atoms with E-state index in [1.807, 2.05) is 6.92 Å². The number of sulfonamides is 1. The van der Waals surface area contributed by atoms with E-state index in [1.165, 1.54) is 16.9 Å². The largest absolute Gasteiger partial charge is 0.480 e. The van der Waals surface area contributed by atoms with Crippen LogP contribution in [-0.2, 0) is 39.4 Å². The summed E-state index contributed by atoms with van der Waals surface area (Å²) in [6, 6.07) is 2.32. The summed E-state index contributed by atoms with van der Waals surface area (Å²) < 4.78 is 70.3. The Morgan fingerprint density at radius 2 is 2.03 bits per heavy atom. The Morgan fingerprint density at radius 3 is 2.65 bits per heavy atom. The van der Waals surface area contributed by atoms with E-state index in [-0.39, 0.29) is 6.54 Å². The van der Waals surface area contributed by atoms with E-state index in [4.69, 9.17) is 5.11 Å². The molecule has 0 spiro atoms. The van der Waals surface area contributed by atoms with Crippen LogP contribution in [0, 0.1) is 0 Å². The molecule has 2 aliphatic rings. The molecule has 0 amide bonds. The Bertz CT molecular complexity index is 1110. The van der Waals surface area contributed by atoms with Crippen LogP contribution in [0.15, 0.2) is 29.3 Å². The maximum absolute atomic E-state index is 13.4. The number of benzene rings is 1. The number of hydrogen-bond acceptors (Lipinski definition) is 4. The van der Waals surface area contributed by atoms with Gasteiger partial charge in [-0.3, -0.25) is 9.48 Å². The van der Waals surface area contributed by atoms with Gasteiger partial charge in [0.2, 0.25) is 10.0 Å². The van der Waals surface area contributed by atoms with Crippen LogP contribution < -0.4 is 4.72 Å². The van der Waals surface area contributed by atoms with E-state index in [0.717, 1.165) is 6.07 Å². The van der Waals surface area contributed by atoms with Gasteiger partial charge in [-0.1, -0.05) is 6.92 Å². The number of aromatic nitrogens is 2. The molecule has 2 N–H and O–H groups in total. The number of alkyl halides is 3. The van der Waals surface area contributed by atoms with Gasteiger partial charge >= 0.3 is 12.1 Å². The van der Waals surface area contributed by atoms with Gasteiger partial charge in [0.1, 0.15) is 6.54 Å². The first-order valence-electron chi connectivity index (χ1n) is 9.90. The zero-order valence-corrected chi connectivity index (χ0v) is 17.6. The second-order valence-electron chi connectivity index (χ2n) is 8.47. The SMILES string of the molecule is CC1(c2cc(C(F)(F)F)cc(S(=O)(=O)NC3CCCc4c3cnn4CC(=O)O)c2)CC1. The number of nitrogens with zero attached hydrogens (tertiary/aromatic N) is 2. The van der Waals surface area contributed by atoms with Crippen molar-refractivity contribution in [2.24, 2.45) is 0 Å². The lowest BCUT2D eigenvalue weighted by molar-refractivity contribution is -0.138. The van der Waals surface area contributed by atoms with E-state index < -0.39 is 44.1 Å². The van der Waals surface area contributed by atoms with Crippen molar-refractivity contribution in [1.29, 1.82) is 0 Å². The Morgan fingerprint density at radius 1 is 1.32 bits per heavy atom. The second kappa shape index (κ2) is 7.33. The van der Waals surface area contributed by atoms with Crippen molar-refractivity contribution < 1.29 is 31.5 Å². The predicted molar refractivity (Wildman–Crippen MR) is 104 cm³/mol. The number of carboxylic acid groups (broad SMARTS) is 1. The molecule has 4 rings (SSSR count). The number of fused-ring (bicyclic) bond motifs is 1. The molecule has 0 radical (unpaired) electrons. The fourth-order valence-corrected chi connectivity index (χ4v) is 5.32. The van der Waals surface area contributed by atoms with Gasteiger partial charge in [-0.25, -0.2) is 13.1 Å². The molecule has 168 valence electrons. The van der Waals surface area contributed by atoms with E-state index in [1.54, 1.807) is 0 Å². The number of aliphatic carboxylic acids is 1. The summed E-state index contributed by atoms with van der Waals surface area (Å²) >= 11 is 0. The summed E-state index contributed by atoms with van der Waals surface area (Å²) in [5.41, 5.74) is 0.106. The lowest BCUT2D eigenvalue weighted by Crippen LogP contribution is -2.31. The minimum atomic E-state index is -4.67. The molecule has 1 aromatic carbocycles. The summed E-state index contributed by atoms with van der Waals surface area (Å²) in [5.74, 6) is -1.07. The van der Waals surface area contributed by atoms with E-state index in [0.29, 0.717) is 55.0 Å². The van der Waals surface area contributed by atoms with Crippen LogP contribution in [0.5, 0.6) is 0 Å². The molecule has 1 fully saturated rings. The molecule has 7 nitrogen and oxygen atoms in total. The minimum Gasteiger partial charge on any atom is -0.480 e. The molecule has 0 aliphatic heterocycles. The zero-order valence-electron chi connectivity index (χ0n) is 16.7. The second-order valence-corrected chi connectivity index (χ2v) is 10.2. The molecule has 31 heavy (non-hydrogen) atoms. The van der Waals surface area contributed by atoms with Gasteiger partial charge in [0.25, 0.3) is 0 Å². The predicted octanol–water partition coefficient (Wildman–Crippen LogP) is 3.39. The molecule has 1 saturated carbocycles. The normalized spacial score (nSPS) is 20.3. The van der Waals surface area contributed by atoms with Crippen LogP contribution in [0.2, 0.25) is 0 Å². The van der Waals surface area contributed by atoms with Crippen molar-refractivity contribution in [2.75, 3.05) is 0 Å². The van der Waals surface area contributed by atoms with Crippen LogP contribution in [0.3, 0.4) is 0 Å². The molecule has 2 aromatic rings. The Kier molecular flexibility index (Phi) is 5.16. The molecule has 1 unspecified atom stereocenters. The van der Waals surface area contributed by atoms with Crippen LogP contribution in [-0.4, -0.2) is 29.3 Å². The van der Waals surface area contributed by atoms with Gasteiger partial charge in [-0.15, -0.1) is 0 Å². The fraction of sp³-hybridized carbons (Fsp3) is 0.500. The van der Waals surface area contributed by atoms with Crippen molar-refractivity contribution in [2.45, 2.75) is 68.1 Å². The number of halogens is 3. The molecule has 2 aliphatic carbocycles. The number of nitrogens with one attached hydrogen (secondary N) is 1. The van der Waals surface area contributed by atoms with Gasteiger partial charge in [0.05, 0.1) is 22.7 Å². The highest BCUT2D eigenvalue weighted by molar-refractivity contribution is 7.89. The summed E-state index contributed by atoms with van der Waals surface area (Å²) in [5, 5.41) is 13.1. The molecular weight excluding hydrogens is 435 g/mol. The highest BCUT2D eigenvalue weighted by atomic mass is 32.2. The van der Waals surface area contributed by atoms with Crippen molar-refractivity contribution in [1.82, 2.24) is 14.5 Å². The average molecular weight is 457 g/mol. The Hall–Kier alpha value is -2.40. The third-order valence-electron chi connectivity index (χ3n) is 6.09. The fourth-order valence-electron chi connectivity index (χ4n) is 4.00. The van der Waals surface area contributed by atoms with Crippen molar-refractivity contribution >= 4 is 16.0 Å². The Balaban J connectivity index is 1.68. The minimum absolute atomic E-state index is 0.343. The summed E-state index contributed by atoms with van der Waals surface area (Å²) in [6.07, 6.45) is -0.250.